The van der Waals surface area contributed by atoms with Crippen molar-refractivity contribution in [1.29, 1.82) is 0 Å². The van der Waals surface area contributed by atoms with Crippen molar-refractivity contribution in [2.24, 2.45) is 5.16 Å². The number of carbonyl (C=O) groups is 2. The fourth-order valence-corrected chi connectivity index (χ4v) is 3.52. The lowest BCUT2D eigenvalue weighted by atomic mass is 10.0. The molecule has 0 fully saturated rings. The molecule has 2 aromatic carbocycles. The Labute approximate surface area is 165 Å². The molecule has 0 spiro atoms. The standard InChI is InChI=1S/C19H16Cl2N2O4/c1-27-17(24)3-2-8-23-16-9-11(13-7-5-12(20)10-15(13)21)4-6-14(16)18(22-26)19(23)25/h4-7,9-10,26H,2-3,8H2,1H3/b22-18-. The number of ether oxygens (including phenoxy) is 1. The summed E-state index contributed by atoms with van der Waals surface area (Å²) in [5.41, 5.74) is 2.65. The van der Waals surface area contributed by atoms with Crippen LogP contribution in [0.2, 0.25) is 10.0 Å². The number of amides is 1. The average Bonchev–Trinajstić information content (AvgIpc) is 2.92. The Morgan fingerprint density at radius 3 is 2.59 bits per heavy atom. The molecule has 140 valence electrons. The molecule has 1 N–H and O–H groups in total. The maximum atomic E-state index is 12.6. The summed E-state index contributed by atoms with van der Waals surface area (Å²) in [6.07, 6.45) is 0.604. The largest absolute Gasteiger partial charge is 0.469 e. The van der Waals surface area contributed by atoms with Crippen LogP contribution < -0.4 is 4.90 Å². The molecule has 0 saturated heterocycles. The predicted octanol–water partition coefficient (Wildman–Crippen LogP) is 4.14. The number of oxime groups is 1. The van der Waals surface area contributed by atoms with E-state index in [0.29, 0.717) is 27.7 Å². The number of nitrogens with zero attached hydrogens (tertiary/aromatic N) is 2. The fourth-order valence-electron chi connectivity index (χ4n) is 3.00. The number of fused-ring (bicyclic) bond motifs is 1. The van der Waals surface area contributed by atoms with Crippen molar-refractivity contribution in [2.75, 3.05) is 18.6 Å². The van der Waals surface area contributed by atoms with E-state index in [0.717, 1.165) is 11.1 Å². The van der Waals surface area contributed by atoms with Crippen LogP contribution in [0, 0.1) is 0 Å². The van der Waals surface area contributed by atoms with E-state index in [1.54, 1.807) is 36.4 Å². The van der Waals surface area contributed by atoms with Gasteiger partial charge in [0.05, 0.1) is 12.8 Å². The third kappa shape index (κ3) is 3.77. The van der Waals surface area contributed by atoms with Gasteiger partial charge < -0.3 is 14.8 Å². The summed E-state index contributed by atoms with van der Waals surface area (Å²) in [5, 5.41) is 13.4. The van der Waals surface area contributed by atoms with E-state index >= 15 is 0 Å². The van der Waals surface area contributed by atoms with E-state index < -0.39 is 5.91 Å². The predicted molar refractivity (Wildman–Crippen MR) is 104 cm³/mol. The van der Waals surface area contributed by atoms with Crippen LogP contribution in [0.5, 0.6) is 0 Å². The zero-order chi connectivity index (χ0) is 19.6. The van der Waals surface area contributed by atoms with Crippen molar-refractivity contribution >= 4 is 46.5 Å². The number of hydrogen-bond donors (Lipinski definition) is 1. The Hall–Kier alpha value is -2.57. The molecule has 1 aliphatic heterocycles. The Morgan fingerprint density at radius 2 is 1.93 bits per heavy atom. The third-order valence-corrected chi connectivity index (χ3v) is 4.87. The summed E-state index contributed by atoms with van der Waals surface area (Å²) in [4.78, 5) is 25.4. The van der Waals surface area contributed by atoms with E-state index in [-0.39, 0.29) is 24.6 Å². The van der Waals surface area contributed by atoms with Crippen molar-refractivity contribution < 1.29 is 19.5 Å². The molecule has 3 rings (SSSR count). The van der Waals surface area contributed by atoms with E-state index in [1.165, 1.54) is 12.0 Å². The van der Waals surface area contributed by atoms with Crippen molar-refractivity contribution in [3.8, 4) is 11.1 Å². The van der Waals surface area contributed by atoms with Crippen molar-refractivity contribution in [1.82, 2.24) is 0 Å². The van der Waals surface area contributed by atoms with E-state index in [1.807, 2.05) is 0 Å². The molecule has 8 heteroatoms. The first-order chi connectivity index (χ1) is 13.0. The lowest BCUT2D eigenvalue weighted by molar-refractivity contribution is -0.140. The molecule has 27 heavy (non-hydrogen) atoms. The summed E-state index contributed by atoms with van der Waals surface area (Å²) in [5.74, 6) is -0.767. The van der Waals surface area contributed by atoms with E-state index in [2.05, 4.69) is 9.89 Å². The van der Waals surface area contributed by atoms with Gasteiger partial charge in [-0.3, -0.25) is 9.59 Å². The molecule has 0 atom stereocenters. The third-order valence-electron chi connectivity index (χ3n) is 4.32. The summed E-state index contributed by atoms with van der Waals surface area (Å²) in [6.45, 7) is 0.289. The molecule has 0 aliphatic carbocycles. The highest BCUT2D eigenvalue weighted by Gasteiger charge is 2.34. The molecule has 1 aliphatic rings. The number of hydrogen-bond acceptors (Lipinski definition) is 5. The molecule has 1 heterocycles. The van der Waals surface area contributed by atoms with Gasteiger partial charge in [-0.25, -0.2) is 0 Å². The first-order valence-electron chi connectivity index (χ1n) is 8.17. The van der Waals surface area contributed by atoms with Crippen LogP contribution in [0.15, 0.2) is 41.6 Å². The quantitative estimate of drug-likeness (QED) is 0.459. The Bertz CT molecular complexity index is 943. The van der Waals surface area contributed by atoms with Crippen LogP contribution in [0.3, 0.4) is 0 Å². The molecule has 0 bridgehead atoms. The van der Waals surface area contributed by atoms with Crippen molar-refractivity contribution in [2.45, 2.75) is 12.8 Å². The second-order valence-corrected chi connectivity index (χ2v) is 6.78. The minimum atomic E-state index is -0.420. The van der Waals surface area contributed by atoms with Gasteiger partial charge in [0.25, 0.3) is 5.91 Å². The highest BCUT2D eigenvalue weighted by molar-refractivity contribution is 6.54. The molecule has 6 nitrogen and oxygen atoms in total. The summed E-state index contributed by atoms with van der Waals surface area (Å²) in [6, 6.07) is 10.5. The Balaban J connectivity index is 1.96. The minimum absolute atomic E-state index is 0.0307. The van der Waals surface area contributed by atoms with Crippen LogP contribution in [0.1, 0.15) is 18.4 Å². The SMILES string of the molecule is COC(=O)CCCN1C(=O)/C(=N\O)c2ccc(-c3ccc(Cl)cc3Cl)cc21. The van der Waals surface area contributed by atoms with Gasteiger partial charge in [0.1, 0.15) is 0 Å². The number of benzene rings is 2. The van der Waals surface area contributed by atoms with E-state index in [9.17, 15) is 14.8 Å². The van der Waals surface area contributed by atoms with Crippen LogP contribution in [-0.2, 0) is 14.3 Å². The monoisotopic (exact) mass is 406 g/mol. The van der Waals surface area contributed by atoms with Gasteiger partial charge in [-0.05, 0) is 36.2 Å². The summed E-state index contributed by atoms with van der Waals surface area (Å²) in [7, 11) is 1.32. The maximum absolute atomic E-state index is 12.6. The van der Waals surface area contributed by atoms with Crippen molar-refractivity contribution in [3.05, 3.63) is 52.0 Å². The first-order valence-corrected chi connectivity index (χ1v) is 8.92. The number of methoxy groups -OCH3 is 1. The molecular formula is C19H16Cl2N2O4. The lowest BCUT2D eigenvalue weighted by Gasteiger charge is -2.17. The fraction of sp³-hybridized carbons (Fsp3) is 0.211. The molecule has 2 aromatic rings. The van der Waals surface area contributed by atoms with Gasteiger partial charge in [0, 0.05) is 34.1 Å². The van der Waals surface area contributed by atoms with Crippen LogP contribution in [0.4, 0.5) is 5.69 Å². The van der Waals surface area contributed by atoms with E-state index in [4.69, 9.17) is 23.2 Å². The molecule has 0 unspecified atom stereocenters. The molecule has 1 amide bonds. The molecular weight excluding hydrogens is 391 g/mol. The average molecular weight is 407 g/mol. The molecule has 0 aromatic heterocycles. The minimum Gasteiger partial charge on any atom is -0.469 e. The van der Waals surface area contributed by atoms with Gasteiger partial charge in [-0.1, -0.05) is 40.5 Å². The first kappa shape index (κ1) is 19.2. The number of rotatable bonds is 5. The second-order valence-electron chi connectivity index (χ2n) is 5.94. The number of carbonyl (C=O) groups excluding carboxylic acids is 2. The zero-order valence-corrected chi connectivity index (χ0v) is 15.9. The van der Waals surface area contributed by atoms with Gasteiger partial charge >= 0.3 is 5.97 Å². The molecule has 0 saturated carbocycles. The van der Waals surface area contributed by atoms with Gasteiger partial charge in [-0.15, -0.1) is 0 Å². The second kappa shape index (κ2) is 7.98. The van der Waals surface area contributed by atoms with Gasteiger partial charge in [0.2, 0.25) is 0 Å². The number of esters is 1. The maximum Gasteiger partial charge on any atom is 0.305 e. The van der Waals surface area contributed by atoms with Gasteiger partial charge in [0.15, 0.2) is 5.71 Å². The smallest absolute Gasteiger partial charge is 0.305 e. The highest BCUT2D eigenvalue weighted by atomic mass is 35.5. The lowest BCUT2D eigenvalue weighted by Crippen LogP contribution is -2.31. The number of halogens is 2. The summed E-state index contributed by atoms with van der Waals surface area (Å²) < 4.78 is 4.62. The highest BCUT2D eigenvalue weighted by Crippen LogP contribution is 2.37. The Kier molecular flexibility index (Phi) is 5.68. The number of anilines is 1. The normalized spacial score (nSPS) is 14.6. The Morgan fingerprint density at radius 1 is 1.19 bits per heavy atom. The van der Waals surface area contributed by atoms with Crippen LogP contribution in [0.25, 0.3) is 11.1 Å². The topological polar surface area (TPSA) is 79.2 Å². The summed E-state index contributed by atoms with van der Waals surface area (Å²) >= 11 is 12.2. The van der Waals surface area contributed by atoms with Gasteiger partial charge in [-0.2, -0.15) is 0 Å². The van der Waals surface area contributed by atoms with Crippen LogP contribution in [-0.4, -0.2) is 36.4 Å². The zero-order valence-electron chi connectivity index (χ0n) is 14.4. The molecule has 0 radical (unpaired) electrons. The van der Waals surface area contributed by atoms with Crippen LogP contribution >= 0.6 is 23.2 Å². The van der Waals surface area contributed by atoms with Crippen molar-refractivity contribution in [3.63, 3.8) is 0 Å².